The van der Waals surface area contributed by atoms with E-state index < -0.39 is 0 Å². The summed E-state index contributed by atoms with van der Waals surface area (Å²) in [6, 6.07) is 5.18. The molecule has 1 amide bonds. The normalized spacial score (nSPS) is 10.0. The van der Waals surface area contributed by atoms with Crippen LogP contribution in [-0.4, -0.2) is 25.5 Å². The van der Waals surface area contributed by atoms with E-state index in [1.54, 1.807) is 43.0 Å². The van der Waals surface area contributed by atoms with Crippen molar-refractivity contribution in [2.45, 2.75) is 0 Å². The molecule has 102 valence electrons. The van der Waals surface area contributed by atoms with E-state index in [4.69, 9.17) is 5.73 Å². The van der Waals surface area contributed by atoms with Gasteiger partial charge < -0.3 is 11.1 Å². The summed E-state index contributed by atoms with van der Waals surface area (Å²) in [7, 11) is 0. The topological polar surface area (TPSA) is 98.2 Å². The van der Waals surface area contributed by atoms with Crippen LogP contribution in [0.15, 0.2) is 43.0 Å². The van der Waals surface area contributed by atoms with Crippen LogP contribution in [0.1, 0.15) is 10.4 Å². The summed E-state index contributed by atoms with van der Waals surface area (Å²) < 4.78 is 1.47. The summed E-state index contributed by atoms with van der Waals surface area (Å²) in [6.07, 6.45) is 6.44. The second-order valence-electron chi connectivity index (χ2n) is 3.84. The molecule has 0 aliphatic heterocycles. The summed E-state index contributed by atoms with van der Waals surface area (Å²) in [5.41, 5.74) is 7.02. The van der Waals surface area contributed by atoms with Crippen molar-refractivity contribution in [3.8, 4) is 0 Å². The fourth-order valence-electron chi connectivity index (χ4n) is 1.75. The zero-order chi connectivity index (χ0) is 13.2. The third kappa shape index (κ3) is 2.39. The molecule has 0 saturated carbocycles. The maximum Gasteiger partial charge on any atom is 0.263 e. The third-order valence-electron chi connectivity index (χ3n) is 2.57. The molecule has 0 atom stereocenters. The van der Waals surface area contributed by atoms with Crippen LogP contribution in [0.2, 0.25) is 0 Å². The maximum absolute atomic E-state index is 12.2. The van der Waals surface area contributed by atoms with E-state index in [1.807, 2.05) is 0 Å². The number of hydrogen-bond acceptors (Lipinski definition) is 5. The largest absolute Gasteiger partial charge is 0.381 e. The van der Waals surface area contributed by atoms with Gasteiger partial charge in [0.2, 0.25) is 0 Å². The van der Waals surface area contributed by atoms with Gasteiger partial charge in [0.15, 0.2) is 11.5 Å². The fourth-order valence-corrected chi connectivity index (χ4v) is 1.75. The zero-order valence-corrected chi connectivity index (χ0v) is 11.0. The number of carbonyl (C=O) groups is 1. The predicted octanol–water partition coefficient (Wildman–Crippen LogP) is 1.38. The van der Waals surface area contributed by atoms with Crippen molar-refractivity contribution in [3.05, 3.63) is 48.5 Å². The lowest BCUT2D eigenvalue weighted by Gasteiger charge is -2.03. The standard InChI is InChI=1S/C12H10N6O.ClH/c13-10-9(11-15-5-2-6-18(11)17-10)12(19)16-8-3-1-4-14-7-8;/h1-7H,(H2,13,17)(H,16,19);1H. The number of amides is 1. The van der Waals surface area contributed by atoms with Crippen LogP contribution in [0.25, 0.3) is 5.65 Å². The molecule has 0 aliphatic rings. The van der Waals surface area contributed by atoms with Crippen molar-refractivity contribution in [2.75, 3.05) is 11.1 Å². The molecule has 3 N–H and O–H groups in total. The molecular formula is C12H11ClN6O. The highest BCUT2D eigenvalue weighted by Crippen LogP contribution is 2.17. The summed E-state index contributed by atoms with van der Waals surface area (Å²) >= 11 is 0. The number of carbonyl (C=O) groups excluding carboxylic acids is 1. The maximum atomic E-state index is 12.2. The molecule has 0 aromatic carbocycles. The third-order valence-corrected chi connectivity index (χ3v) is 2.57. The van der Waals surface area contributed by atoms with Crippen molar-refractivity contribution >= 4 is 35.5 Å². The number of halogens is 1. The Bertz CT molecular complexity index is 742. The van der Waals surface area contributed by atoms with Gasteiger partial charge in [-0.05, 0) is 18.2 Å². The minimum absolute atomic E-state index is 0. The Balaban J connectivity index is 0.00000147. The lowest BCUT2D eigenvalue weighted by molar-refractivity contribution is 0.102. The quantitative estimate of drug-likeness (QED) is 0.743. The Morgan fingerprint density at radius 2 is 2.15 bits per heavy atom. The number of nitrogens with two attached hydrogens (primary N) is 1. The van der Waals surface area contributed by atoms with E-state index >= 15 is 0 Å². The minimum atomic E-state index is -0.362. The van der Waals surface area contributed by atoms with Gasteiger partial charge in [0, 0.05) is 18.6 Å². The molecule has 0 radical (unpaired) electrons. The molecule has 3 rings (SSSR count). The van der Waals surface area contributed by atoms with Gasteiger partial charge in [-0.15, -0.1) is 17.5 Å². The van der Waals surface area contributed by atoms with Gasteiger partial charge in [-0.2, -0.15) is 0 Å². The van der Waals surface area contributed by atoms with Gasteiger partial charge in [0.25, 0.3) is 5.91 Å². The Kier molecular flexibility index (Phi) is 3.81. The van der Waals surface area contributed by atoms with Crippen molar-refractivity contribution in [3.63, 3.8) is 0 Å². The van der Waals surface area contributed by atoms with Crippen molar-refractivity contribution in [2.24, 2.45) is 0 Å². The fraction of sp³-hybridized carbons (Fsp3) is 0. The van der Waals surface area contributed by atoms with Crippen LogP contribution in [0, 0.1) is 0 Å². The molecular weight excluding hydrogens is 280 g/mol. The van der Waals surface area contributed by atoms with E-state index in [2.05, 4.69) is 20.4 Å². The lowest BCUT2D eigenvalue weighted by Crippen LogP contribution is -2.13. The van der Waals surface area contributed by atoms with E-state index in [1.165, 1.54) is 4.52 Å². The lowest BCUT2D eigenvalue weighted by atomic mass is 10.2. The SMILES string of the molecule is Cl.Nc1nn2cccnc2c1C(=O)Nc1cccnc1. The van der Waals surface area contributed by atoms with Crippen LogP contribution in [0.5, 0.6) is 0 Å². The molecule has 20 heavy (non-hydrogen) atoms. The number of nitrogens with one attached hydrogen (secondary N) is 1. The smallest absolute Gasteiger partial charge is 0.263 e. The molecule has 0 saturated heterocycles. The van der Waals surface area contributed by atoms with E-state index in [0.717, 1.165) is 0 Å². The average Bonchev–Trinajstić information content (AvgIpc) is 2.75. The Morgan fingerprint density at radius 3 is 2.90 bits per heavy atom. The first-order valence-electron chi connectivity index (χ1n) is 5.56. The van der Waals surface area contributed by atoms with Crippen LogP contribution in [0.3, 0.4) is 0 Å². The number of pyridine rings is 1. The van der Waals surface area contributed by atoms with Crippen molar-refractivity contribution in [1.82, 2.24) is 19.6 Å². The summed E-state index contributed by atoms with van der Waals surface area (Å²) in [4.78, 5) is 20.2. The molecule has 3 aromatic heterocycles. The molecule has 0 fully saturated rings. The molecule has 3 aromatic rings. The summed E-state index contributed by atoms with van der Waals surface area (Å²) in [5, 5.41) is 6.73. The monoisotopic (exact) mass is 290 g/mol. The number of anilines is 2. The Morgan fingerprint density at radius 1 is 1.30 bits per heavy atom. The zero-order valence-electron chi connectivity index (χ0n) is 10.2. The second kappa shape index (κ2) is 5.54. The highest BCUT2D eigenvalue weighted by molar-refractivity contribution is 6.11. The van der Waals surface area contributed by atoms with E-state index in [0.29, 0.717) is 11.3 Å². The summed E-state index contributed by atoms with van der Waals surface area (Å²) in [6.45, 7) is 0. The first-order valence-corrected chi connectivity index (χ1v) is 5.56. The van der Waals surface area contributed by atoms with Gasteiger partial charge >= 0.3 is 0 Å². The highest BCUT2D eigenvalue weighted by atomic mass is 35.5. The van der Waals surface area contributed by atoms with Gasteiger partial charge in [0.05, 0.1) is 11.9 Å². The molecule has 3 heterocycles. The highest BCUT2D eigenvalue weighted by Gasteiger charge is 2.18. The summed E-state index contributed by atoms with van der Waals surface area (Å²) in [5.74, 6) is -0.223. The average molecular weight is 291 g/mol. The minimum Gasteiger partial charge on any atom is -0.381 e. The van der Waals surface area contributed by atoms with E-state index in [-0.39, 0.29) is 29.7 Å². The van der Waals surface area contributed by atoms with Gasteiger partial charge in [-0.3, -0.25) is 9.78 Å². The first-order chi connectivity index (χ1) is 9.25. The van der Waals surface area contributed by atoms with Crippen LogP contribution in [-0.2, 0) is 0 Å². The first kappa shape index (κ1) is 13.8. The molecule has 0 aliphatic carbocycles. The molecule has 0 spiro atoms. The van der Waals surface area contributed by atoms with Crippen LogP contribution >= 0.6 is 12.4 Å². The van der Waals surface area contributed by atoms with E-state index in [9.17, 15) is 4.79 Å². The van der Waals surface area contributed by atoms with Crippen LogP contribution in [0.4, 0.5) is 11.5 Å². The van der Waals surface area contributed by atoms with Gasteiger partial charge in [-0.25, -0.2) is 9.50 Å². The molecule has 8 heteroatoms. The van der Waals surface area contributed by atoms with Gasteiger partial charge in [0.1, 0.15) is 5.56 Å². The number of hydrogen-bond donors (Lipinski definition) is 2. The Labute approximate surface area is 120 Å². The predicted molar refractivity (Wildman–Crippen MR) is 76.8 cm³/mol. The Hall–Kier alpha value is -2.67. The molecule has 7 nitrogen and oxygen atoms in total. The number of rotatable bonds is 2. The second-order valence-corrected chi connectivity index (χ2v) is 3.84. The number of nitrogen functional groups attached to an aromatic ring is 1. The molecule has 0 bridgehead atoms. The molecule has 0 unspecified atom stereocenters. The van der Waals surface area contributed by atoms with Crippen LogP contribution < -0.4 is 11.1 Å². The van der Waals surface area contributed by atoms with Crippen molar-refractivity contribution in [1.29, 1.82) is 0 Å². The number of fused-ring (bicyclic) bond motifs is 1. The number of nitrogens with zero attached hydrogens (tertiary/aromatic N) is 4. The number of aromatic nitrogens is 4. The van der Waals surface area contributed by atoms with Gasteiger partial charge in [-0.1, -0.05) is 0 Å². The van der Waals surface area contributed by atoms with Crippen molar-refractivity contribution < 1.29 is 4.79 Å².